The monoisotopic (exact) mass is 342 g/mol. The fraction of sp³-hybridized carbons (Fsp3) is 0.316. The summed E-state index contributed by atoms with van der Waals surface area (Å²) in [5.74, 6) is -0.694. The van der Waals surface area contributed by atoms with Crippen LogP contribution in [0.4, 0.5) is 4.39 Å². The maximum absolute atomic E-state index is 13.3. The summed E-state index contributed by atoms with van der Waals surface area (Å²) >= 11 is 0. The Morgan fingerprint density at radius 3 is 2.72 bits per heavy atom. The fourth-order valence-corrected chi connectivity index (χ4v) is 2.54. The quantitative estimate of drug-likeness (QED) is 0.863. The molecule has 0 spiro atoms. The van der Waals surface area contributed by atoms with Crippen LogP contribution in [0.2, 0.25) is 0 Å². The first kappa shape index (κ1) is 18.6. The van der Waals surface area contributed by atoms with Gasteiger partial charge < -0.3 is 5.11 Å². The molecular weight excluding hydrogens is 319 g/mol. The molecular formula is C19H23FN4O. The number of benzene rings is 1. The number of phenolic OH excluding ortho intramolecular Hbond substituents is 1. The molecule has 0 saturated heterocycles. The summed E-state index contributed by atoms with van der Waals surface area (Å²) in [5.41, 5.74) is 5.44. The van der Waals surface area contributed by atoms with Gasteiger partial charge in [0.25, 0.3) is 0 Å². The number of halogens is 1. The van der Waals surface area contributed by atoms with E-state index in [0.29, 0.717) is 6.42 Å². The van der Waals surface area contributed by atoms with Gasteiger partial charge in [-0.1, -0.05) is 26.8 Å². The maximum atomic E-state index is 13.3. The molecule has 0 aliphatic carbocycles. The third kappa shape index (κ3) is 5.38. The van der Waals surface area contributed by atoms with Gasteiger partial charge in [0.15, 0.2) is 11.6 Å². The van der Waals surface area contributed by atoms with E-state index in [-0.39, 0.29) is 17.6 Å². The van der Waals surface area contributed by atoms with E-state index in [1.807, 2.05) is 13.0 Å². The van der Waals surface area contributed by atoms with Crippen molar-refractivity contribution in [3.63, 3.8) is 0 Å². The SMILES string of the molecule is CC(C)C1=N\N\N=C/C=C\N=C\C=C/1CC(C)c1ccc(F)c(O)c1. The third-order valence-corrected chi connectivity index (χ3v) is 3.86. The largest absolute Gasteiger partial charge is 0.505 e. The van der Waals surface area contributed by atoms with Crippen molar-refractivity contribution in [2.45, 2.75) is 33.1 Å². The van der Waals surface area contributed by atoms with Gasteiger partial charge in [-0.3, -0.25) is 4.99 Å². The van der Waals surface area contributed by atoms with Gasteiger partial charge in [-0.25, -0.2) is 4.39 Å². The summed E-state index contributed by atoms with van der Waals surface area (Å²) in [6.45, 7) is 6.14. The second kappa shape index (κ2) is 8.92. The van der Waals surface area contributed by atoms with E-state index in [1.54, 1.807) is 30.8 Å². The molecule has 1 aromatic carbocycles. The Kier molecular flexibility index (Phi) is 6.62. The Balaban J connectivity index is 2.31. The first-order valence-corrected chi connectivity index (χ1v) is 8.21. The van der Waals surface area contributed by atoms with Crippen molar-refractivity contribution in [2.75, 3.05) is 0 Å². The Bertz CT molecular complexity index is 748. The van der Waals surface area contributed by atoms with Crippen LogP contribution in [0.25, 0.3) is 0 Å². The topological polar surface area (TPSA) is 69.3 Å². The Morgan fingerprint density at radius 1 is 1.20 bits per heavy atom. The standard InChI is InChI=1S/C19H23FN4O/c1-13(2)19-16(7-10-21-8-4-9-22-24-23-19)11-14(3)15-5-6-17(20)18(25)12-15/h4-10,12-14,24-25H,11H2,1-3H3/b8-4-,16-7-,21-10+,22-9-,23-19-. The highest BCUT2D eigenvalue weighted by atomic mass is 19.1. The molecule has 1 atom stereocenters. The van der Waals surface area contributed by atoms with Crippen molar-refractivity contribution >= 4 is 18.1 Å². The summed E-state index contributed by atoms with van der Waals surface area (Å²) in [4.78, 5) is 4.18. The van der Waals surface area contributed by atoms with Crippen molar-refractivity contribution in [2.24, 2.45) is 21.1 Å². The summed E-state index contributed by atoms with van der Waals surface area (Å²) in [6, 6.07) is 4.45. The number of hydrogen-bond acceptors (Lipinski definition) is 5. The second-order valence-electron chi connectivity index (χ2n) is 6.18. The summed E-state index contributed by atoms with van der Waals surface area (Å²) in [5, 5.41) is 18.0. The number of aromatic hydroxyl groups is 1. The van der Waals surface area contributed by atoms with Crippen molar-refractivity contribution in [1.82, 2.24) is 5.53 Å². The lowest BCUT2D eigenvalue weighted by Crippen LogP contribution is -2.16. The Hall–Kier alpha value is -2.76. The molecule has 0 amide bonds. The van der Waals surface area contributed by atoms with E-state index in [0.717, 1.165) is 16.8 Å². The highest BCUT2D eigenvalue weighted by Crippen LogP contribution is 2.28. The molecule has 2 N–H and O–H groups in total. The predicted molar refractivity (Wildman–Crippen MR) is 101 cm³/mol. The highest BCUT2D eigenvalue weighted by molar-refractivity contribution is 6.04. The van der Waals surface area contributed by atoms with Gasteiger partial charge in [0.2, 0.25) is 0 Å². The van der Waals surface area contributed by atoms with Gasteiger partial charge in [-0.05, 0) is 53.7 Å². The molecule has 1 aromatic rings. The lowest BCUT2D eigenvalue weighted by molar-refractivity contribution is 0.431. The van der Waals surface area contributed by atoms with Crippen LogP contribution in [0.1, 0.15) is 38.7 Å². The van der Waals surface area contributed by atoms with E-state index in [1.165, 1.54) is 12.1 Å². The molecule has 1 aliphatic heterocycles. The molecule has 1 unspecified atom stereocenters. The molecule has 0 aromatic heterocycles. The molecule has 2 rings (SSSR count). The number of hydrazone groups is 2. The minimum atomic E-state index is -0.615. The molecule has 25 heavy (non-hydrogen) atoms. The molecule has 5 nitrogen and oxygen atoms in total. The van der Waals surface area contributed by atoms with Crippen LogP contribution in [0.3, 0.4) is 0 Å². The predicted octanol–water partition coefficient (Wildman–Crippen LogP) is 4.14. The Labute approximate surface area is 147 Å². The number of nitrogens with one attached hydrogen (secondary N) is 1. The van der Waals surface area contributed by atoms with Gasteiger partial charge in [0, 0.05) is 12.4 Å². The van der Waals surface area contributed by atoms with Crippen LogP contribution in [-0.4, -0.2) is 23.2 Å². The molecule has 1 aliphatic rings. The van der Waals surface area contributed by atoms with Crippen molar-refractivity contribution < 1.29 is 9.50 Å². The first-order chi connectivity index (χ1) is 12.0. The zero-order chi connectivity index (χ0) is 18.2. The smallest absolute Gasteiger partial charge is 0.164 e. The summed E-state index contributed by atoms with van der Waals surface area (Å²) in [7, 11) is 0. The van der Waals surface area contributed by atoms with E-state index >= 15 is 0 Å². The van der Waals surface area contributed by atoms with Crippen LogP contribution in [0, 0.1) is 11.7 Å². The van der Waals surface area contributed by atoms with Crippen LogP contribution in [0.15, 0.2) is 57.3 Å². The number of nitrogens with zero attached hydrogens (tertiary/aromatic N) is 3. The fourth-order valence-electron chi connectivity index (χ4n) is 2.54. The normalized spacial score (nSPS) is 24.0. The maximum Gasteiger partial charge on any atom is 0.164 e. The van der Waals surface area contributed by atoms with Gasteiger partial charge in [-0.15, -0.1) is 0 Å². The van der Waals surface area contributed by atoms with E-state index < -0.39 is 5.82 Å². The number of phenols is 1. The molecule has 132 valence electrons. The van der Waals surface area contributed by atoms with Gasteiger partial charge in [-0.2, -0.15) is 15.7 Å². The average Bonchev–Trinajstić information content (AvgIpc) is 2.62. The van der Waals surface area contributed by atoms with Crippen molar-refractivity contribution in [3.8, 4) is 5.75 Å². The van der Waals surface area contributed by atoms with E-state index in [9.17, 15) is 9.50 Å². The molecule has 0 saturated carbocycles. The summed E-state index contributed by atoms with van der Waals surface area (Å²) in [6.07, 6.45) is 9.24. The Morgan fingerprint density at radius 2 is 2.00 bits per heavy atom. The minimum absolute atomic E-state index is 0.0688. The van der Waals surface area contributed by atoms with E-state index in [2.05, 4.69) is 34.6 Å². The third-order valence-electron chi connectivity index (χ3n) is 3.86. The average molecular weight is 342 g/mol. The van der Waals surface area contributed by atoms with E-state index in [4.69, 9.17) is 0 Å². The zero-order valence-electron chi connectivity index (χ0n) is 14.6. The minimum Gasteiger partial charge on any atom is -0.505 e. The number of hydrogen-bond donors (Lipinski definition) is 2. The number of allylic oxidation sites excluding steroid dienone is 3. The summed E-state index contributed by atoms with van der Waals surface area (Å²) < 4.78 is 13.3. The van der Waals surface area contributed by atoms with Crippen molar-refractivity contribution in [1.29, 1.82) is 0 Å². The number of rotatable bonds is 4. The van der Waals surface area contributed by atoms with Gasteiger partial charge in [0.1, 0.15) is 0 Å². The molecule has 0 radical (unpaired) electrons. The highest BCUT2D eigenvalue weighted by Gasteiger charge is 2.17. The van der Waals surface area contributed by atoms with Crippen LogP contribution < -0.4 is 5.53 Å². The molecule has 0 bridgehead atoms. The van der Waals surface area contributed by atoms with Crippen LogP contribution >= 0.6 is 0 Å². The second-order valence-corrected chi connectivity index (χ2v) is 6.18. The molecule has 6 heteroatoms. The van der Waals surface area contributed by atoms with Crippen LogP contribution in [-0.2, 0) is 0 Å². The van der Waals surface area contributed by atoms with Gasteiger partial charge >= 0.3 is 0 Å². The van der Waals surface area contributed by atoms with Crippen LogP contribution in [0.5, 0.6) is 5.75 Å². The molecule has 1 heterocycles. The number of aliphatic imine (C=N–C) groups is 1. The lowest BCUT2D eigenvalue weighted by atomic mass is 9.88. The van der Waals surface area contributed by atoms with Crippen molar-refractivity contribution in [3.05, 3.63) is 53.5 Å². The lowest BCUT2D eigenvalue weighted by Gasteiger charge is -2.18. The van der Waals surface area contributed by atoms with Gasteiger partial charge in [0.05, 0.1) is 11.9 Å². The molecule has 0 fully saturated rings. The first-order valence-electron chi connectivity index (χ1n) is 8.21. The zero-order valence-corrected chi connectivity index (χ0v) is 14.6.